The normalized spacial score (nSPS) is 18.7. The van der Waals surface area contributed by atoms with Crippen molar-refractivity contribution < 1.29 is 0 Å². The lowest BCUT2D eigenvalue weighted by molar-refractivity contribution is 0.809. The molecular formula is C20H27N. The minimum Gasteiger partial charge on any atom is -0.297 e. The van der Waals surface area contributed by atoms with Crippen molar-refractivity contribution in [2.75, 3.05) is 6.54 Å². The summed E-state index contributed by atoms with van der Waals surface area (Å²) in [5, 5.41) is 0. The zero-order valence-electron chi connectivity index (χ0n) is 13.8. The fraction of sp³-hybridized carbons (Fsp3) is 0.450. The van der Waals surface area contributed by atoms with Gasteiger partial charge in [-0.15, -0.1) is 0 Å². The van der Waals surface area contributed by atoms with Gasteiger partial charge in [-0.25, -0.2) is 0 Å². The van der Waals surface area contributed by atoms with Crippen molar-refractivity contribution in [3.8, 4) is 0 Å². The number of aliphatic imine (C=N–C) groups is 1. The van der Waals surface area contributed by atoms with E-state index in [9.17, 15) is 0 Å². The molecule has 0 heterocycles. The average Bonchev–Trinajstić information content (AvgIpc) is 2.75. The van der Waals surface area contributed by atoms with E-state index in [1.165, 1.54) is 40.7 Å². The summed E-state index contributed by atoms with van der Waals surface area (Å²) in [6.07, 6.45) is 7.83. The monoisotopic (exact) mass is 281 g/mol. The SMILES string of the molecule is CCCCN=CCc1ccccc1C1C=C(C)C(C)=C1C. The first kappa shape index (κ1) is 15.8. The van der Waals surface area contributed by atoms with E-state index in [-0.39, 0.29) is 0 Å². The molecule has 1 heteroatoms. The van der Waals surface area contributed by atoms with Gasteiger partial charge in [0, 0.05) is 25.1 Å². The average molecular weight is 281 g/mol. The van der Waals surface area contributed by atoms with E-state index >= 15 is 0 Å². The van der Waals surface area contributed by atoms with Crippen LogP contribution in [0.25, 0.3) is 0 Å². The Morgan fingerprint density at radius 1 is 1.14 bits per heavy atom. The van der Waals surface area contributed by atoms with E-state index in [2.05, 4.69) is 69.2 Å². The molecule has 1 atom stereocenters. The van der Waals surface area contributed by atoms with E-state index in [4.69, 9.17) is 0 Å². The second-order valence-corrected chi connectivity index (χ2v) is 5.98. The quantitative estimate of drug-likeness (QED) is 0.483. The lowest BCUT2D eigenvalue weighted by atomic mass is 9.89. The van der Waals surface area contributed by atoms with Crippen LogP contribution in [0, 0.1) is 0 Å². The zero-order valence-corrected chi connectivity index (χ0v) is 13.8. The lowest BCUT2D eigenvalue weighted by Gasteiger charge is -2.15. The first-order chi connectivity index (χ1) is 10.1. The maximum absolute atomic E-state index is 4.52. The van der Waals surface area contributed by atoms with Crippen LogP contribution < -0.4 is 0 Å². The third-order valence-electron chi connectivity index (χ3n) is 4.54. The van der Waals surface area contributed by atoms with Gasteiger partial charge in [0.25, 0.3) is 0 Å². The Morgan fingerprint density at radius 2 is 1.90 bits per heavy atom. The van der Waals surface area contributed by atoms with Crippen LogP contribution in [0.1, 0.15) is 57.6 Å². The summed E-state index contributed by atoms with van der Waals surface area (Å²) in [5.41, 5.74) is 7.20. The van der Waals surface area contributed by atoms with Crippen molar-refractivity contribution in [3.05, 3.63) is 58.2 Å². The van der Waals surface area contributed by atoms with Gasteiger partial charge in [-0.2, -0.15) is 0 Å². The van der Waals surface area contributed by atoms with Crippen molar-refractivity contribution >= 4 is 6.21 Å². The van der Waals surface area contributed by atoms with Gasteiger partial charge in [0.15, 0.2) is 0 Å². The van der Waals surface area contributed by atoms with Crippen molar-refractivity contribution in [2.24, 2.45) is 4.99 Å². The molecule has 2 rings (SSSR count). The molecule has 0 aromatic heterocycles. The summed E-state index contributed by atoms with van der Waals surface area (Å²) in [4.78, 5) is 4.52. The van der Waals surface area contributed by atoms with Gasteiger partial charge in [-0.05, 0) is 43.9 Å². The van der Waals surface area contributed by atoms with Gasteiger partial charge in [0.05, 0.1) is 0 Å². The number of rotatable bonds is 6. The topological polar surface area (TPSA) is 12.4 Å². The number of nitrogens with zero attached hydrogens (tertiary/aromatic N) is 1. The van der Waals surface area contributed by atoms with E-state index in [0.29, 0.717) is 5.92 Å². The molecule has 0 N–H and O–H groups in total. The molecular weight excluding hydrogens is 254 g/mol. The molecule has 1 unspecified atom stereocenters. The molecule has 0 aliphatic heterocycles. The minimum atomic E-state index is 0.449. The zero-order chi connectivity index (χ0) is 15.2. The van der Waals surface area contributed by atoms with Crippen molar-refractivity contribution in [1.82, 2.24) is 0 Å². The Hall–Kier alpha value is -1.63. The molecule has 112 valence electrons. The van der Waals surface area contributed by atoms with Crippen LogP contribution in [-0.2, 0) is 6.42 Å². The molecule has 1 aliphatic rings. The third kappa shape index (κ3) is 3.72. The highest BCUT2D eigenvalue weighted by Gasteiger charge is 2.21. The van der Waals surface area contributed by atoms with E-state index in [1.54, 1.807) is 0 Å². The Balaban J connectivity index is 2.17. The molecule has 0 saturated heterocycles. The van der Waals surface area contributed by atoms with Crippen molar-refractivity contribution in [3.63, 3.8) is 0 Å². The number of hydrogen-bond donors (Lipinski definition) is 0. The maximum atomic E-state index is 4.52. The maximum Gasteiger partial charge on any atom is 0.0385 e. The second kappa shape index (κ2) is 7.40. The minimum absolute atomic E-state index is 0.449. The number of allylic oxidation sites excluding steroid dienone is 4. The summed E-state index contributed by atoms with van der Waals surface area (Å²) in [7, 11) is 0. The van der Waals surface area contributed by atoms with Gasteiger partial charge in [0.2, 0.25) is 0 Å². The molecule has 1 aliphatic carbocycles. The summed E-state index contributed by atoms with van der Waals surface area (Å²) in [6, 6.07) is 8.80. The Kier molecular flexibility index (Phi) is 5.55. The largest absolute Gasteiger partial charge is 0.297 e. The first-order valence-corrected chi connectivity index (χ1v) is 8.07. The second-order valence-electron chi connectivity index (χ2n) is 5.98. The lowest BCUT2D eigenvalue weighted by Crippen LogP contribution is -2.01. The number of benzene rings is 1. The molecule has 1 aromatic rings. The highest BCUT2D eigenvalue weighted by Crippen LogP contribution is 2.38. The van der Waals surface area contributed by atoms with Crippen LogP contribution in [0.2, 0.25) is 0 Å². The van der Waals surface area contributed by atoms with Gasteiger partial charge < -0.3 is 0 Å². The molecule has 0 bridgehead atoms. The van der Waals surface area contributed by atoms with Crippen LogP contribution in [0.3, 0.4) is 0 Å². The van der Waals surface area contributed by atoms with Gasteiger partial charge in [0.1, 0.15) is 0 Å². The number of unbranched alkanes of at least 4 members (excludes halogenated alkanes) is 1. The summed E-state index contributed by atoms with van der Waals surface area (Å²) in [6.45, 7) is 9.87. The van der Waals surface area contributed by atoms with Crippen LogP contribution in [0.15, 0.2) is 52.1 Å². The Bertz CT molecular complexity index is 575. The number of hydrogen-bond acceptors (Lipinski definition) is 1. The molecule has 0 radical (unpaired) electrons. The van der Waals surface area contributed by atoms with Gasteiger partial charge in [-0.1, -0.05) is 54.8 Å². The standard InChI is InChI=1S/C20H27N/c1-5-6-12-21-13-11-18-9-7-8-10-19(18)20-14-15(2)16(3)17(20)4/h7-10,13-14,20H,5-6,11-12H2,1-4H3. The Labute approximate surface area is 129 Å². The molecule has 21 heavy (non-hydrogen) atoms. The van der Waals surface area contributed by atoms with Gasteiger partial charge >= 0.3 is 0 Å². The predicted octanol–water partition coefficient (Wildman–Crippen LogP) is 5.48. The fourth-order valence-corrected chi connectivity index (χ4v) is 2.89. The van der Waals surface area contributed by atoms with Crippen LogP contribution >= 0.6 is 0 Å². The first-order valence-electron chi connectivity index (χ1n) is 8.07. The van der Waals surface area contributed by atoms with Gasteiger partial charge in [-0.3, -0.25) is 4.99 Å². The van der Waals surface area contributed by atoms with E-state index in [0.717, 1.165) is 13.0 Å². The van der Waals surface area contributed by atoms with Crippen LogP contribution in [-0.4, -0.2) is 12.8 Å². The summed E-state index contributed by atoms with van der Waals surface area (Å²) in [5.74, 6) is 0.449. The predicted molar refractivity (Wildman–Crippen MR) is 93.3 cm³/mol. The van der Waals surface area contributed by atoms with Crippen molar-refractivity contribution in [2.45, 2.75) is 52.9 Å². The smallest absolute Gasteiger partial charge is 0.0385 e. The third-order valence-corrected chi connectivity index (χ3v) is 4.54. The molecule has 1 nitrogen and oxygen atoms in total. The molecule has 0 spiro atoms. The molecule has 0 amide bonds. The van der Waals surface area contributed by atoms with Crippen LogP contribution in [0.5, 0.6) is 0 Å². The van der Waals surface area contributed by atoms with E-state index < -0.39 is 0 Å². The fourth-order valence-electron chi connectivity index (χ4n) is 2.89. The Morgan fingerprint density at radius 3 is 2.57 bits per heavy atom. The highest BCUT2D eigenvalue weighted by atomic mass is 14.7. The molecule has 1 aromatic carbocycles. The molecule has 0 saturated carbocycles. The highest BCUT2D eigenvalue weighted by molar-refractivity contribution is 5.63. The van der Waals surface area contributed by atoms with Crippen molar-refractivity contribution in [1.29, 1.82) is 0 Å². The summed E-state index contributed by atoms with van der Waals surface area (Å²) < 4.78 is 0. The van der Waals surface area contributed by atoms with E-state index in [1.807, 2.05) is 0 Å². The summed E-state index contributed by atoms with van der Waals surface area (Å²) >= 11 is 0. The molecule has 0 fully saturated rings. The van der Waals surface area contributed by atoms with Crippen LogP contribution in [0.4, 0.5) is 0 Å².